The molecule has 0 unspecified atom stereocenters. The van der Waals surface area contributed by atoms with Gasteiger partial charge in [-0.05, 0) is 12.8 Å². The molecule has 0 bridgehead atoms. The van der Waals surface area contributed by atoms with Crippen LogP contribution in [-0.4, -0.2) is 24.4 Å². The fourth-order valence-corrected chi connectivity index (χ4v) is 0.966. The molecule has 0 saturated carbocycles. The molecule has 1 rings (SSSR count). The van der Waals surface area contributed by atoms with Crippen LogP contribution in [0.15, 0.2) is 5.10 Å². The SMILES string of the molecule is CN1CCCCC(N)=N1. The topological polar surface area (TPSA) is 41.6 Å². The van der Waals surface area contributed by atoms with E-state index in [1.807, 2.05) is 12.1 Å². The number of hydrazone groups is 1. The summed E-state index contributed by atoms with van der Waals surface area (Å²) in [5.41, 5.74) is 5.53. The lowest BCUT2D eigenvalue weighted by atomic mass is 10.2. The Hall–Kier alpha value is -0.730. The molecule has 0 saturated heterocycles. The van der Waals surface area contributed by atoms with Crippen molar-refractivity contribution in [3.63, 3.8) is 0 Å². The third-order valence-electron chi connectivity index (χ3n) is 1.46. The third kappa shape index (κ3) is 1.91. The molecule has 0 aromatic heterocycles. The molecule has 1 aliphatic rings. The van der Waals surface area contributed by atoms with Crippen LogP contribution in [0.3, 0.4) is 0 Å². The van der Waals surface area contributed by atoms with Gasteiger partial charge in [-0.2, -0.15) is 5.10 Å². The molecule has 1 aliphatic heterocycles. The lowest BCUT2D eigenvalue weighted by molar-refractivity contribution is 0.354. The van der Waals surface area contributed by atoms with Crippen molar-refractivity contribution in [1.29, 1.82) is 0 Å². The van der Waals surface area contributed by atoms with Crippen molar-refractivity contribution in [3.8, 4) is 0 Å². The molecule has 3 heteroatoms. The van der Waals surface area contributed by atoms with E-state index in [4.69, 9.17) is 5.73 Å². The van der Waals surface area contributed by atoms with Crippen molar-refractivity contribution < 1.29 is 0 Å². The van der Waals surface area contributed by atoms with E-state index in [9.17, 15) is 0 Å². The number of hydrogen-bond acceptors (Lipinski definition) is 3. The van der Waals surface area contributed by atoms with E-state index in [1.54, 1.807) is 0 Å². The van der Waals surface area contributed by atoms with Gasteiger partial charge in [-0.25, -0.2) is 0 Å². The van der Waals surface area contributed by atoms with Gasteiger partial charge in [0.2, 0.25) is 0 Å². The van der Waals surface area contributed by atoms with E-state index in [0.717, 1.165) is 18.8 Å². The van der Waals surface area contributed by atoms with E-state index in [2.05, 4.69) is 5.10 Å². The lowest BCUT2D eigenvalue weighted by Gasteiger charge is -2.08. The lowest BCUT2D eigenvalue weighted by Crippen LogP contribution is -2.16. The Bertz CT molecular complexity index is 119. The first kappa shape index (κ1) is 6.39. The smallest absolute Gasteiger partial charge is 0.119 e. The predicted molar refractivity (Wildman–Crippen MR) is 38.1 cm³/mol. The fraction of sp³-hybridized carbons (Fsp3) is 0.833. The minimum atomic E-state index is 0.773. The van der Waals surface area contributed by atoms with Crippen molar-refractivity contribution in [2.45, 2.75) is 19.3 Å². The van der Waals surface area contributed by atoms with Gasteiger partial charge in [0.05, 0.1) is 0 Å². The van der Waals surface area contributed by atoms with Crippen LogP contribution in [0, 0.1) is 0 Å². The van der Waals surface area contributed by atoms with Crippen molar-refractivity contribution in [2.24, 2.45) is 10.8 Å². The molecule has 1 heterocycles. The minimum Gasteiger partial charge on any atom is -0.386 e. The highest BCUT2D eigenvalue weighted by atomic mass is 15.4. The molecule has 2 N–H and O–H groups in total. The zero-order chi connectivity index (χ0) is 6.69. The maximum Gasteiger partial charge on any atom is 0.119 e. The van der Waals surface area contributed by atoms with Crippen molar-refractivity contribution in [1.82, 2.24) is 5.01 Å². The van der Waals surface area contributed by atoms with Crippen LogP contribution in [0.4, 0.5) is 0 Å². The van der Waals surface area contributed by atoms with E-state index in [1.165, 1.54) is 12.8 Å². The van der Waals surface area contributed by atoms with Gasteiger partial charge in [0.15, 0.2) is 0 Å². The van der Waals surface area contributed by atoms with Crippen LogP contribution in [-0.2, 0) is 0 Å². The van der Waals surface area contributed by atoms with Crippen molar-refractivity contribution in [2.75, 3.05) is 13.6 Å². The molecule has 52 valence electrons. The van der Waals surface area contributed by atoms with Gasteiger partial charge < -0.3 is 5.73 Å². The van der Waals surface area contributed by atoms with Crippen molar-refractivity contribution >= 4 is 5.84 Å². The molecule has 0 aromatic carbocycles. The Balaban J connectivity index is 2.49. The number of nitrogens with two attached hydrogens (primary N) is 1. The standard InChI is InChI=1S/C6H13N3/c1-9-5-3-2-4-6(7)8-9/h2-5H2,1H3,(H2,7,8). The molecule has 0 spiro atoms. The maximum absolute atomic E-state index is 5.53. The fourth-order valence-electron chi connectivity index (χ4n) is 0.966. The van der Waals surface area contributed by atoms with Gasteiger partial charge in [-0.1, -0.05) is 0 Å². The summed E-state index contributed by atoms with van der Waals surface area (Å²) in [6, 6.07) is 0. The summed E-state index contributed by atoms with van der Waals surface area (Å²) in [4.78, 5) is 0. The Labute approximate surface area is 55.5 Å². The Morgan fingerprint density at radius 1 is 1.56 bits per heavy atom. The van der Waals surface area contributed by atoms with Crippen LogP contribution in [0.5, 0.6) is 0 Å². The van der Waals surface area contributed by atoms with Crippen LogP contribution < -0.4 is 5.73 Å². The highest BCUT2D eigenvalue weighted by Crippen LogP contribution is 2.02. The van der Waals surface area contributed by atoms with E-state index in [-0.39, 0.29) is 0 Å². The molecular formula is C6H13N3. The number of nitrogens with zero attached hydrogens (tertiary/aromatic N) is 2. The second-order valence-corrected chi connectivity index (χ2v) is 2.43. The average Bonchev–Trinajstić information content (AvgIpc) is 1.93. The second-order valence-electron chi connectivity index (χ2n) is 2.43. The van der Waals surface area contributed by atoms with Gasteiger partial charge in [0.1, 0.15) is 5.84 Å². The molecule has 0 aliphatic carbocycles. The zero-order valence-corrected chi connectivity index (χ0v) is 5.80. The summed E-state index contributed by atoms with van der Waals surface area (Å²) < 4.78 is 0. The third-order valence-corrected chi connectivity index (χ3v) is 1.46. The van der Waals surface area contributed by atoms with Crippen molar-refractivity contribution in [3.05, 3.63) is 0 Å². The Morgan fingerprint density at radius 2 is 2.33 bits per heavy atom. The zero-order valence-electron chi connectivity index (χ0n) is 5.80. The predicted octanol–water partition coefficient (Wildman–Crippen LogP) is 0.374. The quantitative estimate of drug-likeness (QED) is 0.511. The first-order valence-corrected chi connectivity index (χ1v) is 3.33. The summed E-state index contributed by atoms with van der Waals surface area (Å²) in [7, 11) is 1.96. The molecule has 0 atom stereocenters. The van der Waals surface area contributed by atoms with Gasteiger partial charge in [-0.15, -0.1) is 0 Å². The second kappa shape index (κ2) is 2.71. The first-order chi connectivity index (χ1) is 4.29. The first-order valence-electron chi connectivity index (χ1n) is 3.33. The summed E-state index contributed by atoms with van der Waals surface area (Å²) in [6.45, 7) is 1.04. The normalized spacial score (nSPS) is 21.0. The largest absolute Gasteiger partial charge is 0.386 e. The highest BCUT2D eigenvalue weighted by molar-refractivity contribution is 5.80. The molecule has 0 radical (unpaired) electrons. The van der Waals surface area contributed by atoms with E-state index >= 15 is 0 Å². The van der Waals surface area contributed by atoms with Gasteiger partial charge >= 0.3 is 0 Å². The van der Waals surface area contributed by atoms with Crippen LogP contribution in [0.1, 0.15) is 19.3 Å². The van der Waals surface area contributed by atoms with Crippen LogP contribution in [0.2, 0.25) is 0 Å². The summed E-state index contributed by atoms with van der Waals surface area (Å²) in [5.74, 6) is 0.773. The molecule has 0 fully saturated rings. The maximum atomic E-state index is 5.53. The van der Waals surface area contributed by atoms with Gasteiger partial charge in [0, 0.05) is 20.0 Å². The minimum absolute atomic E-state index is 0.773. The monoisotopic (exact) mass is 127 g/mol. The summed E-state index contributed by atoms with van der Waals surface area (Å²) >= 11 is 0. The molecular weight excluding hydrogens is 114 g/mol. The Kier molecular flexibility index (Phi) is 1.92. The summed E-state index contributed by atoms with van der Waals surface area (Å²) in [5, 5.41) is 6.01. The number of amidine groups is 1. The molecule has 0 amide bonds. The average molecular weight is 127 g/mol. The number of rotatable bonds is 0. The van der Waals surface area contributed by atoms with E-state index < -0.39 is 0 Å². The van der Waals surface area contributed by atoms with Crippen LogP contribution in [0.25, 0.3) is 0 Å². The molecule has 0 aromatic rings. The van der Waals surface area contributed by atoms with Gasteiger partial charge in [-0.3, -0.25) is 5.01 Å². The van der Waals surface area contributed by atoms with Gasteiger partial charge in [0.25, 0.3) is 0 Å². The van der Waals surface area contributed by atoms with E-state index in [0.29, 0.717) is 0 Å². The summed E-state index contributed by atoms with van der Waals surface area (Å²) in [6.07, 6.45) is 3.35. The Morgan fingerprint density at radius 3 is 3.11 bits per heavy atom. The highest BCUT2D eigenvalue weighted by Gasteiger charge is 2.01. The van der Waals surface area contributed by atoms with Crippen LogP contribution >= 0.6 is 0 Å². The molecule has 3 nitrogen and oxygen atoms in total. The molecule has 9 heavy (non-hydrogen) atoms. The number of hydrogen-bond donors (Lipinski definition) is 1.